The molecule has 99 valence electrons. The van der Waals surface area contributed by atoms with Crippen LogP contribution in [0.3, 0.4) is 0 Å². The molecule has 0 fully saturated rings. The van der Waals surface area contributed by atoms with Gasteiger partial charge >= 0.3 is 0 Å². The predicted octanol–water partition coefficient (Wildman–Crippen LogP) is 3.88. The van der Waals surface area contributed by atoms with E-state index in [0.717, 1.165) is 38.5 Å². The average Bonchev–Trinajstić information content (AvgIpc) is 2.26. The third-order valence-electron chi connectivity index (χ3n) is 3.79. The fourth-order valence-electron chi connectivity index (χ4n) is 2.78. The summed E-state index contributed by atoms with van der Waals surface area (Å²) in [6, 6.07) is 0. The molecule has 1 radical (unpaired) electrons. The van der Waals surface area contributed by atoms with Crippen molar-refractivity contribution in [1.29, 1.82) is 0 Å². The summed E-state index contributed by atoms with van der Waals surface area (Å²) in [5.41, 5.74) is -0.840. The SMILES string of the molecule is CCCC(O)(CC)C(CC)(CCC)[N-]C.[Mn]. The molecule has 0 aromatic carbocycles. The first-order chi connectivity index (χ1) is 7.05. The maximum absolute atomic E-state index is 10.8. The first-order valence-electron chi connectivity index (χ1n) is 6.39. The molecule has 2 atom stereocenters. The maximum atomic E-state index is 10.8. The molecule has 0 aromatic rings. The number of rotatable bonds is 8. The van der Waals surface area contributed by atoms with Gasteiger partial charge in [-0.05, 0) is 12.8 Å². The number of likely N-dealkylation sites (N-methyl/N-ethyl adjacent to an activating group) is 1. The van der Waals surface area contributed by atoms with Crippen molar-refractivity contribution in [2.24, 2.45) is 0 Å². The Labute approximate surface area is 112 Å². The van der Waals surface area contributed by atoms with Crippen LogP contribution >= 0.6 is 0 Å². The van der Waals surface area contributed by atoms with Gasteiger partial charge in [-0.2, -0.15) is 7.05 Å². The van der Waals surface area contributed by atoms with Gasteiger partial charge in [0, 0.05) is 17.1 Å². The van der Waals surface area contributed by atoms with Crippen molar-refractivity contribution in [3.63, 3.8) is 0 Å². The Hall–Kier alpha value is 0.439. The monoisotopic (exact) mass is 269 g/mol. The molecule has 0 saturated heterocycles. The first-order valence-corrected chi connectivity index (χ1v) is 6.39. The first kappa shape index (κ1) is 18.8. The minimum Gasteiger partial charge on any atom is -0.657 e. The molecule has 0 amide bonds. The van der Waals surface area contributed by atoms with E-state index in [0.29, 0.717) is 0 Å². The van der Waals surface area contributed by atoms with E-state index in [1.807, 2.05) is 7.05 Å². The van der Waals surface area contributed by atoms with Crippen LogP contribution in [-0.2, 0) is 17.1 Å². The summed E-state index contributed by atoms with van der Waals surface area (Å²) in [6.45, 7) is 8.50. The Morgan fingerprint density at radius 3 is 1.69 bits per heavy atom. The van der Waals surface area contributed by atoms with Gasteiger partial charge in [-0.1, -0.05) is 58.9 Å². The second-order valence-electron chi connectivity index (χ2n) is 4.49. The summed E-state index contributed by atoms with van der Waals surface area (Å²) >= 11 is 0. The van der Waals surface area contributed by atoms with E-state index in [2.05, 4.69) is 33.0 Å². The zero-order valence-corrected chi connectivity index (χ0v) is 12.7. The zero-order valence-electron chi connectivity index (χ0n) is 11.5. The van der Waals surface area contributed by atoms with E-state index >= 15 is 0 Å². The van der Waals surface area contributed by atoms with Gasteiger partial charge in [-0.15, -0.1) is 0 Å². The zero-order chi connectivity index (χ0) is 11.9. The number of hydrogen-bond acceptors (Lipinski definition) is 1. The Bertz CT molecular complexity index is 171. The molecule has 0 rings (SSSR count). The van der Waals surface area contributed by atoms with Crippen molar-refractivity contribution in [1.82, 2.24) is 0 Å². The molecule has 0 aliphatic rings. The van der Waals surface area contributed by atoms with Crippen LogP contribution in [0.4, 0.5) is 0 Å². The molecule has 0 saturated carbocycles. The summed E-state index contributed by atoms with van der Waals surface area (Å²) in [7, 11) is 1.86. The van der Waals surface area contributed by atoms with Crippen molar-refractivity contribution >= 4 is 0 Å². The Morgan fingerprint density at radius 1 is 0.938 bits per heavy atom. The minimum atomic E-state index is -0.610. The molecule has 0 aliphatic carbocycles. The van der Waals surface area contributed by atoms with Crippen LogP contribution < -0.4 is 0 Å². The second kappa shape index (κ2) is 8.52. The third-order valence-corrected chi connectivity index (χ3v) is 3.79. The largest absolute Gasteiger partial charge is 0.657 e. The summed E-state index contributed by atoms with van der Waals surface area (Å²) in [4.78, 5) is 0. The smallest absolute Gasteiger partial charge is 0.0514 e. The van der Waals surface area contributed by atoms with Crippen molar-refractivity contribution in [2.75, 3.05) is 7.05 Å². The van der Waals surface area contributed by atoms with Crippen LogP contribution in [0.15, 0.2) is 0 Å². The van der Waals surface area contributed by atoms with E-state index < -0.39 is 5.60 Å². The van der Waals surface area contributed by atoms with Gasteiger partial charge in [0.1, 0.15) is 0 Å². The van der Waals surface area contributed by atoms with Gasteiger partial charge in [0.05, 0.1) is 5.60 Å². The van der Waals surface area contributed by atoms with Gasteiger partial charge < -0.3 is 10.4 Å². The molecular weight excluding hydrogens is 241 g/mol. The molecule has 2 unspecified atom stereocenters. The summed E-state index contributed by atoms with van der Waals surface area (Å²) < 4.78 is 0. The molecule has 16 heavy (non-hydrogen) atoms. The normalized spacial score (nSPS) is 18.4. The fourth-order valence-corrected chi connectivity index (χ4v) is 2.78. The van der Waals surface area contributed by atoms with Crippen molar-refractivity contribution in [2.45, 2.75) is 77.4 Å². The van der Waals surface area contributed by atoms with Crippen LogP contribution in [0.1, 0.15) is 66.2 Å². The van der Waals surface area contributed by atoms with Crippen LogP contribution in [0.5, 0.6) is 0 Å². The molecule has 0 spiro atoms. The number of aliphatic hydroxyl groups is 1. The van der Waals surface area contributed by atoms with Crippen molar-refractivity contribution in [3.8, 4) is 0 Å². The summed E-state index contributed by atoms with van der Waals surface area (Å²) in [5.74, 6) is 0. The van der Waals surface area contributed by atoms with E-state index in [4.69, 9.17) is 0 Å². The van der Waals surface area contributed by atoms with Crippen molar-refractivity contribution < 1.29 is 22.2 Å². The molecule has 1 N–H and O–H groups in total. The van der Waals surface area contributed by atoms with Gasteiger partial charge in [0.2, 0.25) is 0 Å². The van der Waals surface area contributed by atoms with E-state index in [-0.39, 0.29) is 22.6 Å². The van der Waals surface area contributed by atoms with Crippen molar-refractivity contribution in [3.05, 3.63) is 5.32 Å². The van der Waals surface area contributed by atoms with E-state index in [9.17, 15) is 5.11 Å². The average molecular weight is 269 g/mol. The van der Waals surface area contributed by atoms with Gasteiger partial charge in [0.25, 0.3) is 0 Å². The molecular formula is C13H28MnNO-. The second-order valence-corrected chi connectivity index (χ2v) is 4.49. The fraction of sp³-hybridized carbons (Fsp3) is 1.00. The Morgan fingerprint density at radius 2 is 1.44 bits per heavy atom. The van der Waals surface area contributed by atoms with Crippen LogP contribution in [0.25, 0.3) is 5.32 Å². The topological polar surface area (TPSA) is 34.3 Å². The Balaban J connectivity index is 0. The maximum Gasteiger partial charge on any atom is 0.0514 e. The van der Waals surface area contributed by atoms with E-state index in [1.54, 1.807) is 0 Å². The van der Waals surface area contributed by atoms with E-state index in [1.165, 1.54) is 0 Å². The molecule has 2 nitrogen and oxygen atoms in total. The minimum absolute atomic E-state index is 0. The third kappa shape index (κ3) is 3.73. The Kier molecular flexibility index (Phi) is 10.0. The molecule has 3 heteroatoms. The quantitative estimate of drug-likeness (QED) is 0.667. The number of hydrogen-bond donors (Lipinski definition) is 1. The summed E-state index contributed by atoms with van der Waals surface area (Å²) in [6.07, 6.45) is 5.68. The van der Waals surface area contributed by atoms with Gasteiger partial charge in [0.15, 0.2) is 0 Å². The van der Waals surface area contributed by atoms with Gasteiger partial charge in [-0.3, -0.25) is 0 Å². The summed E-state index contributed by atoms with van der Waals surface area (Å²) in [5, 5.41) is 15.3. The standard InChI is InChI=1S/C13H28NO.Mn/c1-6-10-12(8-3,14-5)13(15,9-4)11-7-2;/h15H,6-11H2,1-5H3;/q-1;. The predicted molar refractivity (Wildman–Crippen MR) is 67.4 cm³/mol. The molecule has 0 heterocycles. The van der Waals surface area contributed by atoms with Crippen LogP contribution in [0, 0.1) is 0 Å². The number of nitrogens with zero attached hydrogens (tertiary/aromatic N) is 1. The van der Waals surface area contributed by atoms with Crippen LogP contribution in [0.2, 0.25) is 0 Å². The molecule has 0 aliphatic heterocycles. The van der Waals surface area contributed by atoms with Crippen LogP contribution in [-0.4, -0.2) is 23.3 Å². The molecule has 0 aromatic heterocycles. The molecule has 0 bridgehead atoms. The van der Waals surface area contributed by atoms with Gasteiger partial charge in [-0.25, -0.2) is 0 Å².